The SMILES string of the molecule is CC1(C)C2CCCCC2C(C)(C)C(C)(C)C1(C)C. The summed E-state index contributed by atoms with van der Waals surface area (Å²) in [6.07, 6.45) is 5.83. The molecular weight excluding hydrogens is 216 g/mol. The lowest BCUT2D eigenvalue weighted by atomic mass is 9.34. The van der Waals surface area contributed by atoms with Crippen LogP contribution in [-0.4, -0.2) is 0 Å². The van der Waals surface area contributed by atoms with Gasteiger partial charge in [-0.25, -0.2) is 0 Å². The van der Waals surface area contributed by atoms with E-state index in [-0.39, 0.29) is 0 Å². The van der Waals surface area contributed by atoms with Crippen LogP contribution >= 0.6 is 0 Å². The van der Waals surface area contributed by atoms with E-state index < -0.39 is 0 Å². The van der Waals surface area contributed by atoms with Gasteiger partial charge in [-0.15, -0.1) is 0 Å². The van der Waals surface area contributed by atoms with Crippen molar-refractivity contribution in [3.05, 3.63) is 0 Å². The van der Waals surface area contributed by atoms with Gasteiger partial charge in [0, 0.05) is 0 Å². The molecule has 0 aliphatic heterocycles. The minimum Gasteiger partial charge on any atom is -0.0591 e. The zero-order chi connectivity index (χ0) is 14.0. The summed E-state index contributed by atoms with van der Waals surface area (Å²) >= 11 is 0. The molecule has 18 heavy (non-hydrogen) atoms. The Kier molecular flexibility index (Phi) is 3.01. The van der Waals surface area contributed by atoms with Crippen molar-refractivity contribution in [2.45, 2.75) is 81.1 Å². The van der Waals surface area contributed by atoms with E-state index >= 15 is 0 Å². The summed E-state index contributed by atoms with van der Waals surface area (Å²) in [5, 5.41) is 0. The van der Waals surface area contributed by atoms with Gasteiger partial charge in [0.15, 0.2) is 0 Å². The number of rotatable bonds is 0. The molecule has 0 saturated heterocycles. The lowest BCUT2D eigenvalue weighted by molar-refractivity contribution is -0.222. The Labute approximate surface area is 115 Å². The van der Waals surface area contributed by atoms with E-state index in [1.807, 2.05) is 0 Å². The smallest absolute Gasteiger partial charge is 0.0244 e. The molecule has 2 rings (SSSR count). The van der Waals surface area contributed by atoms with Crippen LogP contribution in [0.2, 0.25) is 0 Å². The highest BCUT2D eigenvalue weighted by molar-refractivity contribution is 5.13. The zero-order valence-corrected chi connectivity index (χ0v) is 14.0. The Bertz CT molecular complexity index is 296. The number of hydrogen-bond acceptors (Lipinski definition) is 0. The van der Waals surface area contributed by atoms with Crippen molar-refractivity contribution in [1.29, 1.82) is 0 Å². The fourth-order valence-corrected chi connectivity index (χ4v) is 5.40. The van der Waals surface area contributed by atoms with Crippen LogP contribution in [0.3, 0.4) is 0 Å². The molecule has 0 nitrogen and oxygen atoms in total. The van der Waals surface area contributed by atoms with Gasteiger partial charge in [-0.05, 0) is 46.3 Å². The van der Waals surface area contributed by atoms with Crippen molar-refractivity contribution in [2.75, 3.05) is 0 Å². The van der Waals surface area contributed by atoms with Gasteiger partial charge >= 0.3 is 0 Å². The predicted octanol–water partition coefficient (Wildman–Crippen LogP) is 5.91. The highest BCUT2D eigenvalue weighted by Crippen LogP contribution is 2.72. The second-order valence-corrected chi connectivity index (χ2v) is 9.19. The predicted molar refractivity (Wildman–Crippen MR) is 80.6 cm³/mol. The summed E-state index contributed by atoms with van der Waals surface area (Å²) in [5.41, 5.74) is 1.69. The third kappa shape index (κ3) is 1.44. The van der Waals surface area contributed by atoms with Crippen molar-refractivity contribution in [1.82, 2.24) is 0 Å². The molecule has 0 radical (unpaired) electrons. The van der Waals surface area contributed by atoms with E-state index in [4.69, 9.17) is 0 Å². The topological polar surface area (TPSA) is 0 Å². The molecule has 0 N–H and O–H groups in total. The van der Waals surface area contributed by atoms with Gasteiger partial charge in [0.2, 0.25) is 0 Å². The van der Waals surface area contributed by atoms with E-state index in [1.54, 1.807) is 0 Å². The first-order valence-electron chi connectivity index (χ1n) is 7.98. The fraction of sp³-hybridized carbons (Fsp3) is 1.00. The second kappa shape index (κ2) is 3.76. The summed E-state index contributed by atoms with van der Waals surface area (Å²) in [6, 6.07) is 0. The Hall–Kier alpha value is 0. The first kappa shape index (κ1) is 14.4. The quantitative estimate of drug-likeness (QED) is 0.501. The molecule has 2 aliphatic carbocycles. The highest BCUT2D eigenvalue weighted by Gasteiger charge is 2.65. The third-order valence-corrected chi connectivity index (χ3v) is 8.40. The number of hydrogen-bond donors (Lipinski definition) is 0. The summed E-state index contributed by atoms with van der Waals surface area (Å²) in [5.74, 6) is 1.84. The molecule has 2 atom stereocenters. The molecule has 2 fully saturated rings. The summed E-state index contributed by atoms with van der Waals surface area (Å²) in [7, 11) is 0. The molecule has 106 valence electrons. The second-order valence-electron chi connectivity index (χ2n) is 9.19. The molecule has 0 heterocycles. The van der Waals surface area contributed by atoms with Crippen molar-refractivity contribution in [3.63, 3.8) is 0 Å². The minimum absolute atomic E-state index is 0.391. The first-order chi connectivity index (χ1) is 7.98. The largest absolute Gasteiger partial charge is 0.0591 e. The molecule has 0 aromatic heterocycles. The molecule has 0 aromatic carbocycles. The van der Waals surface area contributed by atoms with E-state index in [0.29, 0.717) is 21.7 Å². The van der Waals surface area contributed by atoms with Crippen molar-refractivity contribution in [2.24, 2.45) is 33.5 Å². The molecule has 0 aromatic rings. The fourth-order valence-electron chi connectivity index (χ4n) is 5.40. The Morgan fingerprint density at radius 2 is 0.833 bits per heavy atom. The summed E-state index contributed by atoms with van der Waals surface area (Å²) < 4.78 is 0. The molecule has 2 saturated carbocycles. The molecule has 0 bridgehead atoms. The van der Waals surface area contributed by atoms with Gasteiger partial charge < -0.3 is 0 Å². The third-order valence-electron chi connectivity index (χ3n) is 8.40. The maximum Gasteiger partial charge on any atom is -0.0244 e. The molecule has 0 spiro atoms. The standard InChI is InChI=1S/C18H34/c1-15(2)13-11-9-10-12-14(13)16(3,4)18(7,8)17(15,5)6/h13-14H,9-12H2,1-8H3. The monoisotopic (exact) mass is 250 g/mol. The Morgan fingerprint density at radius 3 is 1.11 bits per heavy atom. The number of fused-ring (bicyclic) bond motifs is 1. The van der Waals surface area contributed by atoms with Crippen LogP contribution in [0.25, 0.3) is 0 Å². The van der Waals surface area contributed by atoms with Gasteiger partial charge in [0.1, 0.15) is 0 Å². The van der Waals surface area contributed by atoms with E-state index in [9.17, 15) is 0 Å². The average molecular weight is 250 g/mol. The van der Waals surface area contributed by atoms with E-state index in [0.717, 1.165) is 11.8 Å². The van der Waals surface area contributed by atoms with Crippen LogP contribution in [-0.2, 0) is 0 Å². The highest BCUT2D eigenvalue weighted by atomic mass is 14.7. The van der Waals surface area contributed by atoms with Crippen LogP contribution in [0.1, 0.15) is 81.1 Å². The Morgan fingerprint density at radius 1 is 0.556 bits per heavy atom. The van der Waals surface area contributed by atoms with Crippen LogP contribution in [0.15, 0.2) is 0 Å². The normalized spacial score (nSPS) is 40.0. The zero-order valence-electron chi connectivity index (χ0n) is 14.0. The van der Waals surface area contributed by atoms with Crippen molar-refractivity contribution >= 4 is 0 Å². The molecular formula is C18H34. The van der Waals surface area contributed by atoms with Gasteiger partial charge in [-0.1, -0.05) is 68.2 Å². The summed E-state index contributed by atoms with van der Waals surface area (Å²) in [6.45, 7) is 20.3. The van der Waals surface area contributed by atoms with E-state index in [2.05, 4.69) is 55.4 Å². The lowest BCUT2D eigenvalue weighted by Crippen LogP contribution is -2.64. The van der Waals surface area contributed by atoms with Gasteiger partial charge in [-0.2, -0.15) is 0 Å². The van der Waals surface area contributed by atoms with Crippen molar-refractivity contribution < 1.29 is 0 Å². The van der Waals surface area contributed by atoms with Gasteiger partial charge in [-0.3, -0.25) is 0 Å². The van der Waals surface area contributed by atoms with Crippen molar-refractivity contribution in [3.8, 4) is 0 Å². The van der Waals surface area contributed by atoms with Crippen LogP contribution in [0.4, 0.5) is 0 Å². The first-order valence-corrected chi connectivity index (χ1v) is 7.98. The maximum atomic E-state index is 2.55. The Balaban J connectivity index is 2.56. The average Bonchev–Trinajstić information content (AvgIpc) is 2.27. The molecule has 0 heteroatoms. The van der Waals surface area contributed by atoms with Crippen LogP contribution in [0, 0.1) is 33.5 Å². The molecule has 2 unspecified atom stereocenters. The minimum atomic E-state index is 0.391. The van der Waals surface area contributed by atoms with Gasteiger partial charge in [0.05, 0.1) is 0 Å². The van der Waals surface area contributed by atoms with E-state index in [1.165, 1.54) is 25.7 Å². The lowest BCUT2D eigenvalue weighted by Gasteiger charge is -2.70. The van der Waals surface area contributed by atoms with Crippen LogP contribution in [0.5, 0.6) is 0 Å². The molecule has 0 amide bonds. The maximum absolute atomic E-state index is 2.55. The molecule has 2 aliphatic rings. The van der Waals surface area contributed by atoms with Crippen LogP contribution < -0.4 is 0 Å². The summed E-state index contributed by atoms with van der Waals surface area (Å²) in [4.78, 5) is 0. The van der Waals surface area contributed by atoms with Gasteiger partial charge in [0.25, 0.3) is 0 Å².